The maximum Gasteiger partial charge on any atom is 0.309 e. The Morgan fingerprint density at radius 2 is 1.88 bits per heavy atom. The number of sulfone groups is 1. The van der Waals surface area contributed by atoms with Gasteiger partial charge in [-0.25, -0.2) is 8.42 Å². The molecule has 0 spiro atoms. The number of carboxylic acids is 1. The molecule has 1 aromatic rings. The van der Waals surface area contributed by atoms with Crippen molar-refractivity contribution in [3.8, 4) is 0 Å². The van der Waals surface area contributed by atoms with Gasteiger partial charge in [0.2, 0.25) is 0 Å². The van der Waals surface area contributed by atoms with Gasteiger partial charge in [-0.05, 0) is 12.5 Å². The van der Waals surface area contributed by atoms with Crippen LogP contribution in [0, 0.1) is 12.8 Å². The third-order valence-corrected chi connectivity index (χ3v) is 5.09. The minimum atomic E-state index is -3.26. The Balaban J connectivity index is 2.38. The Hall–Kier alpha value is -1.36. The summed E-state index contributed by atoms with van der Waals surface area (Å²) in [6, 6.07) is 6.96. The van der Waals surface area contributed by atoms with Crippen molar-refractivity contribution < 1.29 is 18.3 Å². The molecule has 1 heterocycles. The smallest absolute Gasteiger partial charge is 0.309 e. The summed E-state index contributed by atoms with van der Waals surface area (Å²) in [4.78, 5) is 10.9. The van der Waals surface area contributed by atoms with E-state index in [-0.39, 0.29) is 5.75 Å². The molecular formula is C11H12O4S. The minimum Gasteiger partial charge on any atom is -0.481 e. The Morgan fingerprint density at radius 3 is 2.31 bits per heavy atom. The van der Waals surface area contributed by atoms with Crippen LogP contribution in [0.3, 0.4) is 0 Å². The molecule has 1 fully saturated rings. The summed E-state index contributed by atoms with van der Waals surface area (Å²) >= 11 is 0. The van der Waals surface area contributed by atoms with Crippen molar-refractivity contribution in [2.75, 3.05) is 5.75 Å². The van der Waals surface area contributed by atoms with Crippen LogP contribution in [0.4, 0.5) is 0 Å². The third-order valence-electron chi connectivity index (χ3n) is 2.89. The van der Waals surface area contributed by atoms with Gasteiger partial charge in [-0.2, -0.15) is 0 Å². The molecule has 1 aliphatic rings. The molecule has 2 rings (SSSR count). The van der Waals surface area contributed by atoms with E-state index in [1.54, 1.807) is 24.3 Å². The van der Waals surface area contributed by atoms with Gasteiger partial charge in [0, 0.05) is 0 Å². The van der Waals surface area contributed by atoms with Crippen molar-refractivity contribution >= 4 is 15.8 Å². The van der Waals surface area contributed by atoms with Gasteiger partial charge in [0.05, 0.1) is 11.7 Å². The zero-order chi connectivity index (χ0) is 11.9. The second-order valence-electron chi connectivity index (χ2n) is 4.11. The van der Waals surface area contributed by atoms with E-state index in [2.05, 4.69) is 0 Å². The van der Waals surface area contributed by atoms with Crippen LogP contribution in [0.5, 0.6) is 0 Å². The van der Waals surface area contributed by atoms with Gasteiger partial charge >= 0.3 is 5.97 Å². The molecule has 1 aromatic carbocycles. The molecular weight excluding hydrogens is 228 g/mol. The minimum absolute atomic E-state index is 0.249. The fraction of sp³-hybridized carbons (Fsp3) is 0.364. The van der Waals surface area contributed by atoms with E-state index >= 15 is 0 Å². The number of aliphatic carboxylic acids is 1. The van der Waals surface area contributed by atoms with Crippen molar-refractivity contribution in [2.24, 2.45) is 5.92 Å². The molecule has 2 atom stereocenters. The van der Waals surface area contributed by atoms with Crippen molar-refractivity contribution in [1.82, 2.24) is 0 Å². The Bertz CT molecular complexity index is 515. The summed E-state index contributed by atoms with van der Waals surface area (Å²) in [7, 11) is -3.26. The summed E-state index contributed by atoms with van der Waals surface area (Å²) in [5.41, 5.74) is 1.59. The summed E-state index contributed by atoms with van der Waals surface area (Å²) in [6.45, 7) is 1.90. The van der Waals surface area contributed by atoms with Gasteiger partial charge in [-0.3, -0.25) is 4.79 Å². The maximum absolute atomic E-state index is 11.6. The van der Waals surface area contributed by atoms with Crippen LogP contribution in [0.1, 0.15) is 16.4 Å². The molecule has 1 N–H and O–H groups in total. The third kappa shape index (κ3) is 1.71. The monoisotopic (exact) mass is 240 g/mol. The lowest BCUT2D eigenvalue weighted by Gasteiger charge is -2.33. The standard InChI is InChI=1S/C11H12O4S/c1-7-2-4-8(5-3-7)10-9(11(12)13)6-16(10,14)15/h2-5,9-10H,6H2,1H3,(H,12,13). The highest BCUT2D eigenvalue weighted by molar-refractivity contribution is 7.93. The first-order chi connectivity index (χ1) is 7.42. The van der Waals surface area contributed by atoms with E-state index in [0.717, 1.165) is 5.56 Å². The Kier molecular flexibility index (Phi) is 2.50. The number of carbonyl (C=O) groups is 1. The van der Waals surface area contributed by atoms with E-state index in [1.807, 2.05) is 6.92 Å². The molecule has 2 unspecified atom stereocenters. The van der Waals surface area contributed by atoms with Gasteiger partial charge < -0.3 is 5.11 Å². The molecule has 5 heteroatoms. The zero-order valence-corrected chi connectivity index (χ0v) is 9.57. The fourth-order valence-electron chi connectivity index (χ4n) is 1.97. The number of hydrogen-bond donors (Lipinski definition) is 1. The lowest BCUT2D eigenvalue weighted by molar-refractivity contribution is -0.141. The highest BCUT2D eigenvalue weighted by Crippen LogP contribution is 2.41. The number of aryl methyl sites for hydroxylation is 1. The highest BCUT2D eigenvalue weighted by Gasteiger charge is 2.50. The van der Waals surface area contributed by atoms with Crippen LogP contribution < -0.4 is 0 Å². The summed E-state index contributed by atoms with van der Waals surface area (Å²) < 4.78 is 23.1. The lowest BCUT2D eigenvalue weighted by atomic mass is 9.98. The average molecular weight is 240 g/mol. The summed E-state index contributed by atoms with van der Waals surface area (Å²) in [5.74, 6) is -2.09. The largest absolute Gasteiger partial charge is 0.481 e. The second kappa shape index (κ2) is 3.59. The van der Waals surface area contributed by atoms with Crippen molar-refractivity contribution in [3.63, 3.8) is 0 Å². The molecule has 0 bridgehead atoms. The predicted molar refractivity (Wildman–Crippen MR) is 58.8 cm³/mol. The first-order valence-electron chi connectivity index (χ1n) is 4.93. The quantitative estimate of drug-likeness (QED) is 0.842. The van der Waals surface area contributed by atoms with E-state index in [4.69, 9.17) is 5.11 Å². The van der Waals surface area contributed by atoms with Crippen LogP contribution in [-0.4, -0.2) is 25.2 Å². The van der Waals surface area contributed by atoms with E-state index in [9.17, 15) is 13.2 Å². The topological polar surface area (TPSA) is 71.4 Å². The van der Waals surface area contributed by atoms with E-state index in [1.165, 1.54) is 0 Å². The van der Waals surface area contributed by atoms with Gasteiger partial charge in [0.15, 0.2) is 9.84 Å². The van der Waals surface area contributed by atoms with Crippen molar-refractivity contribution in [2.45, 2.75) is 12.2 Å². The van der Waals surface area contributed by atoms with Crippen LogP contribution in [0.2, 0.25) is 0 Å². The molecule has 86 valence electrons. The van der Waals surface area contributed by atoms with Crippen LogP contribution in [0.15, 0.2) is 24.3 Å². The van der Waals surface area contributed by atoms with Crippen LogP contribution in [-0.2, 0) is 14.6 Å². The Labute approximate surface area is 93.8 Å². The molecule has 0 aromatic heterocycles. The van der Waals surface area contributed by atoms with Crippen LogP contribution in [0.25, 0.3) is 0 Å². The molecule has 0 aliphatic carbocycles. The molecule has 0 saturated carbocycles. The zero-order valence-electron chi connectivity index (χ0n) is 8.75. The van der Waals surface area contributed by atoms with Crippen molar-refractivity contribution in [1.29, 1.82) is 0 Å². The van der Waals surface area contributed by atoms with Gasteiger partial charge in [0.25, 0.3) is 0 Å². The van der Waals surface area contributed by atoms with E-state index in [0.29, 0.717) is 5.56 Å². The predicted octanol–water partition coefficient (Wildman–Crippen LogP) is 1.17. The second-order valence-corrected chi connectivity index (χ2v) is 6.27. The first-order valence-corrected chi connectivity index (χ1v) is 6.64. The summed E-state index contributed by atoms with van der Waals surface area (Å²) in [6.07, 6.45) is 0. The number of hydrogen-bond acceptors (Lipinski definition) is 3. The summed E-state index contributed by atoms with van der Waals surface area (Å²) in [5, 5.41) is 8.02. The first kappa shape index (κ1) is 11.1. The van der Waals surface area contributed by atoms with Crippen LogP contribution >= 0.6 is 0 Å². The molecule has 1 aliphatic heterocycles. The highest BCUT2D eigenvalue weighted by atomic mass is 32.2. The molecule has 16 heavy (non-hydrogen) atoms. The molecule has 0 amide bonds. The molecule has 1 saturated heterocycles. The number of carboxylic acid groups (broad SMARTS) is 1. The van der Waals surface area contributed by atoms with Gasteiger partial charge in [0.1, 0.15) is 5.25 Å². The Morgan fingerprint density at radius 1 is 1.31 bits per heavy atom. The maximum atomic E-state index is 11.6. The van der Waals surface area contributed by atoms with Gasteiger partial charge in [-0.1, -0.05) is 29.8 Å². The van der Waals surface area contributed by atoms with Gasteiger partial charge in [-0.15, -0.1) is 0 Å². The lowest BCUT2D eigenvalue weighted by Crippen LogP contribution is -2.44. The normalized spacial score (nSPS) is 27.1. The van der Waals surface area contributed by atoms with E-state index < -0.39 is 27.0 Å². The number of benzene rings is 1. The molecule has 0 radical (unpaired) electrons. The van der Waals surface area contributed by atoms with Crippen molar-refractivity contribution in [3.05, 3.63) is 35.4 Å². The average Bonchev–Trinajstić information content (AvgIpc) is 2.18. The SMILES string of the molecule is Cc1ccc(C2C(C(=O)O)CS2(=O)=O)cc1. The molecule has 4 nitrogen and oxygen atoms in total. The number of rotatable bonds is 2. The fourth-order valence-corrected chi connectivity index (χ4v) is 3.94.